The van der Waals surface area contributed by atoms with Gasteiger partial charge in [0.1, 0.15) is 17.9 Å². The van der Waals surface area contributed by atoms with Gasteiger partial charge >= 0.3 is 5.97 Å². The molecule has 20 heavy (non-hydrogen) atoms. The molecule has 3 rings (SSSR count). The summed E-state index contributed by atoms with van der Waals surface area (Å²) < 4.78 is 7.03. The molecule has 6 heteroatoms. The van der Waals surface area contributed by atoms with Gasteiger partial charge in [-0.25, -0.2) is 14.8 Å². The predicted molar refractivity (Wildman–Crippen MR) is 73.0 cm³/mol. The van der Waals surface area contributed by atoms with Crippen LogP contribution < -0.4 is 5.73 Å². The van der Waals surface area contributed by atoms with Crippen LogP contribution in [0.4, 0.5) is 5.69 Å². The maximum Gasteiger partial charge on any atom is 0.357 e. The number of hydrogen-bond acceptors (Lipinski definition) is 5. The van der Waals surface area contributed by atoms with Crippen molar-refractivity contribution in [3.8, 4) is 0 Å². The van der Waals surface area contributed by atoms with Gasteiger partial charge < -0.3 is 14.9 Å². The summed E-state index contributed by atoms with van der Waals surface area (Å²) in [6.45, 7) is 0.104. The highest BCUT2D eigenvalue weighted by Crippen LogP contribution is 2.08. The highest BCUT2D eigenvalue weighted by Gasteiger charge is 2.10. The average molecular weight is 268 g/mol. The molecule has 0 aromatic carbocycles. The van der Waals surface area contributed by atoms with Crippen LogP contribution in [-0.4, -0.2) is 20.3 Å². The molecule has 0 saturated carbocycles. The topological polar surface area (TPSA) is 82.5 Å². The van der Waals surface area contributed by atoms with Crippen molar-refractivity contribution < 1.29 is 9.53 Å². The maximum absolute atomic E-state index is 11.8. The van der Waals surface area contributed by atoms with Gasteiger partial charge in [0.25, 0.3) is 0 Å². The quantitative estimate of drug-likeness (QED) is 0.730. The number of hydrogen-bond donors (Lipinski definition) is 1. The third kappa shape index (κ3) is 2.44. The van der Waals surface area contributed by atoms with E-state index >= 15 is 0 Å². The number of nitrogen functional groups attached to an aromatic ring is 1. The predicted octanol–water partition coefficient (Wildman–Crippen LogP) is 1.67. The Hall–Kier alpha value is -2.89. The van der Waals surface area contributed by atoms with Gasteiger partial charge in [0.15, 0.2) is 0 Å². The zero-order valence-electron chi connectivity index (χ0n) is 10.6. The molecule has 0 bridgehead atoms. The molecule has 100 valence electrons. The van der Waals surface area contributed by atoms with E-state index in [-0.39, 0.29) is 12.3 Å². The van der Waals surface area contributed by atoms with Crippen LogP contribution in [-0.2, 0) is 11.3 Å². The van der Waals surface area contributed by atoms with Gasteiger partial charge in [-0.3, -0.25) is 0 Å². The van der Waals surface area contributed by atoms with E-state index in [0.29, 0.717) is 11.4 Å². The number of aromatic nitrogens is 3. The number of carbonyl (C=O) groups is 1. The molecular formula is C14H12N4O2. The Labute approximate surface area is 114 Å². The second kappa shape index (κ2) is 5.00. The number of fused-ring (bicyclic) bond motifs is 1. The van der Waals surface area contributed by atoms with E-state index in [1.165, 1.54) is 12.3 Å². The van der Waals surface area contributed by atoms with Gasteiger partial charge in [0.05, 0.1) is 17.6 Å². The lowest BCUT2D eigenvalue weighted by molar-refractivity contribution is 0.0461. The highest BCUT2D eigenvalue weighted by atomic mass is 16.5. The molecule has 3 aromatic rings. The summed E-state index contributed by atoms with van der Waals surface area (Å²) >= 11 is 0. The number of pyridine rings is 2. The monoisotopic (exact) mass is 268 g/mol. The fraction of sp³-hybridized carbons (Fsp3) is 0.0714. The molecule has 0 aliphatic carbocycles. The van der Waals surface area contributed by atoms with Crippen LogP contribution in [0.25, 0.3) is 5.65 Å². The minimum absolute atomic E-state index is 0.104. The Balaban J connectivity index is 1.69. The van der Waals surface area contributed by atoms with E-state index in [9.17, 15) is 4.79 Å². The summed E-state index contributed by atoms with van der Waals surface area (Å²) in [7, 11) is 0. The van der Waals surface area contributed by atoms with E-state index < -0.39 is 5.97 Å². The zero-order chi connectivity index (χ0) is 13.9. The van der Waals surface area contributed by atoms with Gasteiger partial charge in [0, 0.05) is 12.4 Å². The molecule has 6 nitrogen and oxygen atoms in total. The summed E-state index contributed by atoms with van der Waals surface area (Å²) in [6, 6.07) is 8.82. The Bertz CT molecular complexity index is 716. The Morgan fingerprint density at radius 1 is 1.30 bits per heavy atom. The Morgan fingerprint density at radius 3 is 2.95 bits per heavy atom. The average Bonchev–Trinajstić information content (AvgIpc) is 2.88. The molecule has 0 unspecified atom stereocenters. The first-order valence-corrected chi connectivity index (χ1v) is 6.03. The third-order valence-electron chi connectivity index (χ3n) is 2.76. The van der Waals surface area contributed by atoms with E-state index in [1.807, 2.05) is 35.0 Å². The smallest absolute Gasteiger partial charge is 0.357 e. The molecule has 3 aromatic heterocycles. The molecule has 0 aliphatic heterocycles. The minimum Gasteiger partial charge on any atom is -0.454 e. The third-order valence-corrected chi connectivity index (χ3v) is 2.76. The van der Waals surface area contributed by atoms with E-state index in [0.717, 1.165) is 5.65 Å². The fourth-order valence-corrected chi connectivity index (χ4v) is 1.80. The first-order chi connectivity index (χ1) is 9.72. The van der Waals surface area contributed by atoms with Gasteiger partial charge in [0.2, 0.25) is 0 Å². The highest BCUT2D eigenvalue weighted by molar-refractivity contribution is 5.87. The number of esters is 1. The van der Waals surface area contributed by atoms with Crippen molar-refractivity contribution >= 4 is 17.3 Å². The molecule has 0 atom stereocenters. The van der Waals surface area contributed by atoms with Crippen molar-refractivity contribution in [1.29, 1.82) is 0 Å². The van der Waals surface area contributed by atoms with Crippen molar-refractivity contribution in [2.24, 2.45) is 0 Å². The van der Waals surface area contributed by atoms with Crippen LogP contribution in [0.5, 0.6) is 0 Å². The van der Waals surface area contributed by atoms with Crippen molar-refractivity contribution in [3.05, 3.63) is 60.3 Å². The summed E-state index contributed by atoms with van der Waals surface area (Å²) in [5, 5.41) is 0. The van der Waals surface area contributed by atoms with Crippen LogP contribution in [0.2, 0.25) is 0 Å². The van der Waals surface area contributed by atoms with E-state index in [1.54, 1.807) is 6.07 Å². The number of anilines is 1. The van der Waals surface area contributed by atoms with Gasteiger partial charge in [-0.1, -0.05) is 6.07 Å². The number of nitrogens with zero attached hydrogens (tertiary/aromatic N) is 3. The normalized spacial score (nSPS) is 10.6. The number of nitrogens with two attached hydrogens (primary N) is 1. The number of ether oxygens (including phenoxy) is 1. The van der Waals surface area contributed by atoms with Crippen LogP contribution in [0, 0.1) is 0 Å². The summed E-state index contributed by atoms with van der Waals surface area (Å²) in [5.41, 5.74) is 7.72. The molecule has 3 heterocycles. The molecule has 0 aliphatic rings. The molecule has 0 radical (unpaired) electrons. The van der Waals surface area contributed by atoms with Gasteiger partial charge in [-0.15, -0.1) is 0 Å². The summed E-state index contributed by atoms with van der Waals surface area (Å²) in [4.78, 5) is 20.0. The lowest BCUT2D eigenvalue weighted by atomic mass is 10.3. The molecular weight excluding hydrogens is 256 g/mol. The van der Waals surface area contributed by atoms with Gasteiger partial charge in [-0.2, -0.15) is 0 Å². The lowest BCUT2D eigenvalue weighted by Crippen LogP contribution is -2.07. The SMILES string of the molecule is Nc1ccc(C(=O)OCc2cn3ccccc3n2)nc1. The summed E-state index contributed by atoms with van der Waals surface area (Å²) in [5.74, 6) is -0.498. The Morgan fingerprint density at radius 2 is 2.20 bits per heavy atom. The van der Waals surface area contributed by atoms with Crippen LogP contribution in [0.15, 0.2) is 48.9 Å². The zero-order valence-corrected chi connectivity index (χ0v) is 10.6. The fourth-order valence-electron chi connectivity index (χ4n) is 1.80. The second-order valence-corrected chi connectivity index (χ2v) is 4.25. The van der Waals surface area contributed by atoms with E-state index in [2.05, 4.69) is 9.97 Å². The van der Waals surface area contributed by atoms with Crippen molar-refractivity contribution in [2.75, 3.05) is 5.73 Å². The summed E-state index contributed by atoms with van der Waals surface area (Å²) in [6.07, 6.45) is 5.12. The van der Waals surface area contributed by atoms with Crippen molar-refractivity contribution in [2.45, 2.75) is 6.61 Å². The molecule has 0 spiro atoms. The van der Waals surface area contributed by atoms with Crippen LogP contribution >= 0.6 is 0 Å². The van der Waals surface area contributed by atoms with E-state index in [4.69, 9.17) is 10.5 Å². The molecule has 0 saturated heterocycles. The molecule has 2 N–H and O–H groups in total. The van der Waals surface area contributed by atoms with Crippen molar-refractivity contribution in [3.63, 3.8) is 0 Å². The number of carbonyl (C=O) groups excluding carboxylic acids is 1. The van der Waals surface area contributed by atoms with Crippen molar-refractivity contribution in [1.82, 2.24) is 14.4 Å². The largest absolute Gasteiger partial charge is 0.454 e. The second-order valence-electron chi connectivity index (χ2n) is 4.25. The standard InChI is InChI=1S/C14H12N4O2/c15-10-4-5-12(16-7-10)14(19)20-9-11-8-18-6-2-1-3-13(18)17-11/h1-8H,9,15H2. The Kier molecular flexibility index (Phi) is 3.04. The number of imidazole rings is 1. The first-order valence-electron chi connectivity index (χ1n) is 6.03. The number of rotatable bonds is 3. The lowest BCUT2D eigenvalue weighted by Gasteiger charge is -2.02. The van der Waals surface area contributed by atoms with Gasteiger partial charge in [-0.05, 0) is 24.3 Å². The minimum atomic E-state index is -0.498. The van der Waals surface area contributed by atoms with Crippen LogP contribution in [0.3, 0.4) is 0 Å². The first kappa shape index (κ1) is 12.2. The maximum atomic E-state index is 11.8. The molecule has 0 amide bonds. The molecule has 0 fully saturated rings. The van der Waals surface area contributed by atoms with Crippen LogP contribution in [0.1, 0.15) is 16.2 Å².